The predicted molar refractivity (Wildman–Crippen MR) is 75.2 cm³/mol. The van der Waals surface area contributed by atoms with Gasteiger partial charge >= 0.3 is 0 Å². The van der Waals surface area contributed by atoms with Gasteiger partial charge in [-0.05, 0) is 50.4 Å². The van der Waals surface area contributed by atoms with Crippen molar-refractivity contribution in [3.63, 3.8) is 0 Å². The first-order valence-electron chi connectivity index (χ1n) is 6.96. The smallest absolute Gasteiger partial charge is 0.122 e. The lowest BCUT2D eigenvalue weighted by Crippen LogP contribution is -2.43. The van der Waals surface area contributed by atoms with E-state index in [2.05, 4.69) is 22.8 Å². The van der Waals surface area contributed by atoms with Crippen LogP contribution in [0, 0.1) is 0 Å². The summed E-state index contributed by atoms with van der Waals surface area (Å²) in [6.45, 7) is 3.39. The average molecular weight is 248 g/mol. The molecule has 1 aromatic rings. The maximum absolute atomic E-state index is 5.36. The van der Waals surface area contributed by atoms with Gasteiger partial charge in [0.15, 0.2) is 0 Å². The standard InChI is InChI=1S/C15H24N2O/c1-18-15-9-3-2-6-13(15)7-4-11-17-14-8-5-10-16-12-14/h2-3,6,9,14,16-17H,4-5,7-8,10-12H2,1H3. The Morgan fingerprint density at radius 3 is 3.06 bits per heavy atom. The van der Waals surface area contributed by atoms with E-state index in [9.17, 15) is 0 Å². The maximum Gasteiger partial charge on any atom is 0.122 e. The summed E-state index contributed by atoms with van der Waals surface area (Å²) in [6, 6.07) is 8.95. The molecule has 0 aromatic heterocycles. The summed E-state index contributed by atoms with van der Waals surface area (Å²) >= 11 is 0. The van der Waals surface area contributed by atoms with Gasteiger partial charge in [-0.3, -0.25) is 0 Å². The van der Waals surface area contributed by atoms with Crippen molar-refractivity contribution in [2.45, 2.75) is 31.7 Å². The van der Waals surface area contributed by atoms with Crippen LogP contribution in [0.2, 0.25) is 0 Å². The molecule has 1 atom stereocenters. The van der Waals surface area contributed by atoms with Crippen LogP contribution >= 0.6 is 0 Å². The van der Waals surface area contributed by atoms with Crippen LogP contribution in [0.1, 0.15) is 24.8 Å². The fourth-order valence-corrected chi connectivity index (χ4v) is 2.52. The molecule has 2 rings (SSSR count). The number of aryl methyl sites for hydroxylation is 1. The zero-order chi connectivity index (χ0) is 12.6. The van der Waals surface area contributed by atoms with E-state index in [1.165, 1.54) is 24.9 Å². The van der Waals surface area contributed by atoms with E-state index >= 15 is 0 Å². The number of hydrogen-bond donors (Lipinski definition) is 2. The van der Waals surface area contributed by atoms with Gasteiger partial charge in [0, 0.05) is 12.6 Å². The second-order valence-corrected chi connectivity index (χ2v) is 4.91. The van der Waals surface area contributed by atoms with Crippen molar-refractivity contribution in [2.24, 2.45) is 0 Å². The quantitative estimate of drug-likeness (QED) is 0.755. The normalized spacial score (nSPS) is 19.7. The third kappa shape index (κ3) is 4.00. The first-order chi connectivity index (χ1) is 8.90. The first kappa shape index (κ1) is 13.4. The number of benzene rings is 1. The molecule has 2 N–H and O–H groups in total. The van der Waals surface area contributed by atoms with Gasteiger partial charge in [0.05, 0.1) is 7.11 Å². The van der Waals surface area contributed by atoms with Gasteiger partial charge in [-0.15, -0.1) is 0 Å². The van der Waals surface area contributed by atoms with Crippen molar-refractivity contribution in [2.75, 3.05) is 26.7 Å². The van der Waals surface area contributed by atoms with Crippen molar-refractivity contribution in [1.82, 2.24) is 10.6 Å². The van der Waals surface area contributed by atoms with Crippen LogP contribution in [0.4, 0.5) is 0 Å². The highest BCUT2D eigenvalue weighted by atomic mass is 16.5. The minimum Gasteiger partial charge on any atom is -0.496 e. The Bertz CT molecular complexity index is 348. The lowest BCUT2D eigenvalue weighted by Gasteiger charge is -2.23. The highest BCUT2D eigenvalue weighted by Crippen LogP contribution is 2.18. The fourth-order valence-electron chi connectivity index (χ4n) is 2.52. The summed E-state index contributed by atoms with van der Waals surface area (Å²) < 4.78 is 5.36. The Hall–Kier alpha value is -1.06. The molecule has 0 amide bonds. The van der Waals surface area contributed by atoms with Gasteiger partial charge in [0.2, 0.25) is 0 Å². The van der Waals surface area contributed by atoms with Gasteiger partial charge in [0.25, 0.3) is 0 Å². The van der Waals surface area contributed by atoms with Crippen LogP contribution in [0.25, 0.3) is 0 Å². The Morgan fingerprint density at radius 2 is 2.28 bits per heavy atom. The minimum absolute atomic E-state index is 0.663. The molecule has 100 valence electrons. The Labute approximate surface area is 110 Å². The summed E-state index contributed by atoms with van der Waals surface area (Å²) in [7, 11) is 1.74. The number of rotatable bonds is 6. The van der Waals surface area contributed by atoms with Crippen LogP contribution in [0.3, 0.4) is 0 Å². The number of para-hydroxylation sites is 1. The van der Waals surface area contributed by atoms with E-state index in [-0.39, 0.29) is 0 Å². The molecule has 1 aliphatic rings. The van der Waals surface area contributed by atoms with Crippen molar-refractivity contribution in [3.8, 4) is 5.75 Å². The Kier molecular flexibility index (Phi) is 5.49. The SMILES string of the molecule is COc1ccccc1CCCNC1CCCNC1. The lowest BCUT2D eigenvalue weighted by molar-refractivity contribution is 0.386. The molecular weight excluding hydrogens is 224 g/mol. The summed E-state index contributed by atoms with van der Waals surface area (Å²) in [5.41, 5.74) is 1.31. The molecule has 3 heteroatoms. The monoisotopic (exact) mass is 248 g/mol. The molecule has 0 radical (unpaired) electrons. The lowest BCUT2D eigenvalue weighted by atomic mass is 10.1. The largest absolute Gasteiger partial charge is 0.496 e. The predicted octanol–water partition coefficient (Wildman–Crippen LogP) is 1.97. The average Bonchev–Trinajstić information content (AvgIpc) is 2.45. The first-order valence-corrected chi connectivity index (χ1v) is 6.96. The molecule has 0 aliphatic carbocycles. The van der Waals surface area contributed by atoms with Crippen LogP contribution in [-0.4, -0.2) is 32.8 Å². The van der Waals surface area contributed by atoms with Gasteiger partial charge < -0.3 is 15.4 Å². The van der Waals surface area contributed by atoms with E-state index in [0.29, 0.717) is 6.04 Å². The zero-order valence-corrected chi connectivity index (χ0v) is 11.2. The van der Waals surface area contributed by atoms with Crippen molar-refractivity contribution in [3.05, 3.63) is 29.8 Å². The van der Waals surface area contributed by atoms with Crippen molar-refractivity contribution in [1.29, 1.82) is 0 Å². The minimum atomic E-state index is 0.663. The summed E-state index contributed by atoms with van der Waals surface area (Å²) in [4.78, 5) is 0. The summed E-state index contributed by atoms with van der Waals surface area (Å²) in [5.74, 6) is 1.01. The number of hydrogen-bond acceptors (Lipinski definition) is 3. The Balaban J connectivity index is 1.68. The fraction of sp³-hybridized carbons (Fsp3) is 0.600. The van der Waals surface area contributed by atoms with E-state index in [1.807, 2.05) is 12.1 Å². The van der Waals surface area contributed by atoms with Crippen molar-refractivity contribution >= 4 is 0 Å². The highest BCUT2D eigenvalue weighted by molar-refractivity contribution is 5.33. The Morgan fingerprint density at radius 1 is 1.39 bits per heavy atom. The maximum atomic E-state index is 5.36. The molecule has 1 unspecified atom stereocenters. The number of nitrogens with one attached hydrogen (secondary N) is 2. The number of methoxy groups -OCH3 is 1. The summed E-state index contributed by atoms with van der Waals surface area (Å²) in [5, 5.41) is 7.06. The molecule has 1 fully saturated rings. The molecule has 0 spiro atoms. The molecule has 1 aliphatic heterocycles. The molecule has 1 aromatic carbocycles. The highest BCUT2D eigenvalue weighted by Gasteiger charge is 2.11. The third-order valence-electron chi connectivity index (χ3n) is 3.55. The second kappa shape index (κ2) is 7.39. The summed E-state index contributed by atoms with van der Waals surface area (Å²) in [6.07, 6.45) is 4.85. The molecular formula is C15H24N2O. The van der Waals surface area contributed by atoms with Gasteiger partial charge in [0.1, 0.15) is 5.75 Å². The number of ether oxygens (including phenoxy) is 1. The second-order valence-electron chi connectivity index (χ2n) is 4.91. The molecule has 0 bridgehead atoms. The molecule has 1 heterocycles. The molecule has 18 heavy (non-hydrogen) atoms. The van der Waals surface area contributed by atoms with E-state index in [0.717, 1.165) is 31.7 Å². The third-order valence-corrected chi connectivity index (χ3v) is 3.55. The van der Waals surface area contributed by atoms with Crippen LogP contribution in [-0.2, 0) is 6.42 Å². The van der Waals surface area contributed by atoms with E-state index in [4.69, 9.17) is 4.74 Å². The zero-order valence-electron chi connectivity index (χ0n) is 11.2. The topological polar surface area (TPSA) is 33.3 Å². The number of piperidine rings is 1. The van der Waals surface area contributed by atoms with E-state index in [1.54, 1.807) is 7.11 Å². The van der Waals surface area contributed by atoms with E-state index < -0.39 is 0 Å². The molecule has 3 nitrogen and oxygen atoms in total. The van der Waals surface area contributed by atoms with Gasteiger partial charge in [-0.1, -0.05) is 18.2 Å². The van der Waals surface area contributed by atoms with Crippen LogP contribution < -0.4 is 15.4 Å². The van der Waals surface area contributed by atoms with Gasteiger partial charge in [-0.2, -0.15) is 0 Å². The molecule has 0 saturated carbocycles. The van der Waals surface area contributed by atoms with Gasteiger partial charge in [-0.25, -0.2) is 0 Å². The van der Waals surface area contributed by atoms with Crippen LogP contribution in [0.5, 0.6) is 5.75 Å². The van der Waals surface area contributed by atoms with Crippen molar-refractivity contribution < 1.29 is 4.74 Å². The van der Waals surface area contributed by atoms with Crippen LogP contribution in [0.15, 0.2) is 24.3 Å². The molecule has 1 saturated heterocycles.